The lowest BCUT2D eigenvalue weighted by Crippen LogP contribution is -2.20. The summed E-state index contributed by atoms with van der Waals surface area (Å²) < 4.78 is 11.6. The van der Waals surface area contributed by atoms with Crippen LogP contribution in [0.25, 0.3) is 0 Å². The molecule has 0 saturated heterocycles. The van der Waals surface area contributed by atoms with Crippen LogP contribution in [0, 0.1) is 0 Å². The number of aromatic carboxylic acids is 1. The van der Waals surface area contributed by atoms with Crippen LogP contribution in [0.3, 0.4) is 0 Å². The lowest BCUT2D eigenvalue weighted by atomic mass is 10.3. The van der Waals surface area contributed by atoms with Crippen molar-refractivity contribution in [1.29, 1.82) is 0 Å². The summed E-state index contributed by atoms with van der Waals surface area (Å²) in [6.45, 7) is 6.58. The van der Waals surface area contributed by atoms with Crippen LogP contribution in [0.1, 0.15) is 17.4 Å². The predicted molar refractivity (Wildman–Crippen MR) is 69.8 cm³/mol. The number of carboxylic acids is 1. The Kier molecular flexibility index (Phi) is 5.32. The van der Waals surface area contributed by atoms with Crippen LogP contribution in [0.4, 0.5) is 0 Å². The van der Waals surface area contributed by atoms with E-state index < -0.39 is 11.4 Å². The van der Waals surface area contributed by atoms with Gasteiger partial charge in [-0.3, -0.25) is 4.79 Å². The fraction of sp³-hybridized carbons (Fsp3) is 0.385. The molecule has 1 heterocycles. The van der Waals surface area contributed by atoms with Crippen LogP contribution in [0.2, 0.25) is 0 Å². The smallest absolute Gasteiger partial charge is 0.352 e. The number of hydrogen-bond donors (Lipinski definition) is 1. The van der Waals surface area contributed by atoms with Crippen molar-refractivity contribution < 1.29 is 19.4 Å². The second-order valence-corrected chi connectivity index (χ2v) is 4.10. The number of aromatic nitrogens is 1. The van der Waals surface area contributed by atoms with Crippen LogP contribution < -0.4 is 10.2 Å². The highest BCUT2D eigenvalue weighted by Gasteiger charge is 2.12. The quantitative estimate of drug-likeness (QED) is 0.592. The van der Waals surface area contributed by atoms with E-state index in [4.69, 9.17) is 14.6 Å². The van der Waals surface area contributed by atoms with Gasteiger partial charge in [0.25, 0.3) is 0 Å². The Hall–Kier alpha value is -2.08. The van der Waals surface area contributed by atoms with Gasteiger partial charge in [0.2, 0.25) is 5.43 Å². The lowest BCUT2D eigenvalue weighted by molar-refractivity contribution is 0.0679. The maximum atomic E-state index is 11.5. The van der Waals surface area contributed by atoms with Gasteiger partial charge in [0.05, 0.1) is 26.5 Å². The molecular weight excluding hydrogens is 250 g/mol. The zero-order valence-corrected chi connectivity index (χ0v) is 11.0. The SMILES string of the molecule is C=C(C)COCCn1cc(OC)c(=O)cc1C(=O)O. The third-order valence-corrected chi connectivity index (χ3v) is 2.36. The maximum Gasteiger partial charge on any atom is 0.352 e. The number of carbonyl (C=O) groups is 1. The minimum atomic E-state index is -1.17. The van der Waals surface area contributed by atoms with Crippen molar-refractivity contribution in [2.45, 2.75) is 13.5 Å². The van der Waals surface area contributed by atoms with E-state index in [0.717, 1.165) is 11.6 Å². The van der Waals surface area contributed by atoms with E-state index >= 15 is 0 Å². The molecular formula is C13H17NO5. The minimum Gasteiger partial charge on any atom is -0.491 e. The van der Waals surface area contributed by atoms with E-state index in [2.05, 4.69) is 6.58 Å². The number of rotatable bonds is 7. The van der Waals surface area contributed by atoms with Crippen molar-refractivity contribution in [3.05, 3.63) is 40.3 Å². The Labute approximate surface area is 110 Å². The van der Waals surface area contributed by atoms with Crippen molar-refractivity contribution in [2.24, 2.45) is 0 Å². The first kappa shape index (κ1) is 15.0. The van der Waals surface area contributed by atoms with E-state index in [9.17, 15) is 9.59 Å². The molecule has 19 heavy (non-hydrogen) atoms. The first-order valence-electron chi connectivity index (χ1n) is 5.69. The van der Waals surface area contributed by atoms with Crippen molar-refractivity contribution >= 4 is 5.97 Å². The van der Waals surface area contributed by atoms with E-state index in [0.29, 0.717) is 19.8 Å². The summed E-state index contributed by atoms with van der Waals surface area (Å²) in [5.41, 5.74) is 0.333. The first-order chi connectivity index (χ1) is 8.95. The normalized spacial score (nSPS) is 10.2. The van der Waals surface area contributed by atoms with Crippen LogP contribution in [-0.2, 0) is 11.3 Å². The highest BCUT2D eigenvalue weighted by molar-refractivity contribution is 5.85. The second-order valence-electron chi connectivity index (χ2n) is 4.10. The van der Waals surface area contributed by atoms with Crippen LogP contribution in [0.15, 0.2) is 29.2 Å². The van der Waals surface area contributed by atoms with Gasteiger partial charge in [-0.25, -0.2) is 4.79 Å². The molecule has 0 saturated carbocycles. The largest absolute Gasteiger partial charge is 0.491 e. The number of hydrogen-bond acceptors (Lipinski definition) is 4. The summed E-state index contributed by atoms with van der Waals surface area (Å²) in [6.07, 6.45) is 1.37. The molecule has 0 unspecified atom stereocenters. The molecule has 1 aromatic rings. The van der Waals surface area contributed by atoms with Gasteiger partial charge in [-0.1, -0.05) is 12.2 Å². The Balaban J connectivity index is 2.88. The van der Waals surface area contributed by atoms with Gasteiger partial charge in [0.15, 0.2) is 5.75 Å². The average Bonchev–Trinajstić information content (AvgIpc) is 2.35. The third kappa shape index (κ3) is 4.26. The zero-order valence-electron chi connectivity index (χ0n) is 11.0. The fourth-order valence-electron chi connectivity index (χ4n) is 1.49. The van der Waals surface area contributed by atoms with Crippen LogP contribution in [-0.4, -0.2) is 36.0 Å². The number of carboxylic acid groups (broad SMARTS) is 1. The summed E-state index contributed by atoms with van der Waals surface area (Å²) in [4.78, 5) is 22.6. The van der Waals surface area contributed by atoms with E-state index in [1.165, 1.54) is 17.9 Å². The summed E-state index contributed by atoms with van der Waals surface area (Å²) in [6, 6.07) is 1.04. The monoisotopic (exact) mass is 267 g/mol. The molecule has 0 aliphatic carbocycles. The van der Waals surface area contributed by atoms with Gasteiger partial charge in [-0.05, 0) is 6.92 Å². The van der Waals surface area contributed by atoms with Crippen molar-refractivity contribution in [3.63, 3.8) is 0 Å². The van der Waals surface area contributed by atoms with Crippen molar-refractivity contribution in [2.75, 3.05) is 20.3 Å². The topological polar surface area (TPSA) is 77.8 Å². The molecule has 0 bridgehead atoms. The molecule has 1 rings (SSSR count). The zero-order chi connectivity index (χ0) is 14.4. The molecule has 1 aromatic heterocycles. The molecule has 1 N–H and O–H groups in total. The molecule has 104 valence electrons. The van der Waals surface area contributed by atoms with Crippen LogP contribution in [0.5, 0.6) is 5.75 Å². The third-order valence-electron chi connectivity index (χ3n) is 2.36. The number of methoxy groups -OCH3 is 1. The van der Waals surface area contributed by atoms with Gasteiger partial charge < -0.3 is 19.1 Å². The highest BCUT2D eigenvalue weighted by Crippen LogP contribution is 2.07. The molecule has 0 atom stereocenters. The molecule has 6 heteroatoms. The lowest BCUT2D eigenvalue weighted by Gasteiger charge is -2.12. The molecule has 0 spiro atoms. The Morgan fingerprint density at radius 1 is 1.53 bits per heavy atom. The van der Waals surface area contributed by atoms with Crippen molar-refractivity contribution in [1.82, 2.24) is 4.57 Å². The summed E-state index contributed by atoms with van der Waals surface area (Å²) in [5.74, 6) is -1.07. The standard InChI is InChI=1S/C13H17NO5/c1-9(2)8-19-5-4-14-7-12(18-3)11(15)6-10(14)13(16)17/h6-7H,1,4-5,8H2,2-3H3,(H,16,17). The summed E-state index contributed by atoms with van der Waals surface area (Å²) in [7, 11) is 1.36. The second kappa shape index (κ2) is 6.75. The number of nitrogens with zero attached hydrogens (tertiary/aromatic N) is 1. The number of ether oxygens (including phenoxy) is 2. The maximum absolute atomic E-state index is 11.5. The van der Waals surface area contributed by atoms with Gasteiger partial charge in [-0.15, -0.1) is 0 Å². The fourth-order valence-corrected chi connectivity index (χ4v) is 1.49. The van der Waals surface area contributed by atoms with E-state index in [1.807, 2.05) is 6.92 Å². The molecule has 0 fully saturated rings. The predicted octanol–water partition coefficient (Wildman–Crippen LogP) is 1.15. The molecule has 0 aliphatic rings. The molecule has 6 nitrogen and oxygen atoms in total. The Bertz CT molecular complexity index is 532. The summed E-state index contributed by atoms with van der Waals surface area (Å²) in [5, 5.41) is 9.04. The van der Waals surface area contributed by atoms with Crippen LogP contribution >= 0.6 is 0 Å². The minimum absolute atomic E-state index is 0.0928. The highest BCUT2D eigenvalue weighted by atomic mass is 16.5. The van der Waals surface area contributed by atoms with Gasteiger partial charge in [0.1, 0.15) is 5.69 Å². The molecule has 0 aromatic carbocycles. The van der Waals surface area contributed by atoms with Gasteiger partial charge >= 0.3 is 5.97 Å². The first-order valence-corrected chi connectivity index (χ1v) is 5.69. The molecule has 0 radical (unpaired) electrons. The van der Waals surface area contributed by atoms with Crippen molar-refractivity contribution in [3.8, 4) is 5.75 Å². The van der Waals surface area contributed by atoms with Gasteiger partial charge in [-0.2, -0.15) is 0 Å². The Morgan fingerprint density at radius 3 is 2.74 bits per heavy atom. The van der Waals surface area contributed by atoms with Gasteiger partial charge in [0, 0.05) is 12.6 Å². The Morgan fingerprint density at radius 2 is 2.21 bits per heavy atom. The van der Waals surface area contributed by atoms with E-state index in [-0.39, 0.29) is 11.4 Å². The number of pyridine rings is 1. The average molecular weight is 267 g/mol. The van der Waals surface area contributed by atoms with E-state index in [1.54, 1.807) is 0 Å². The molecule has 0 amide bonds. The molecule has 0 aliphatic heterocycles. The summed E-state index contributed by atoms with van der Waals surface area (Å²) >= 11 is 0.